The molecule has 0 spiro atoms. The number of methoxy groups -OCH3 is 1. The van der Waals surface area contributed by atoms with Crippen LogP contribution in [0, 0.1) is 0 Å². The predicted molar refractivity (Wildman–Crippen MR) is 138 cm³/mol. The Bertz CT molecular complexity index is 1580. The molecule has 1 unspecified atom stereocenters. The molecule has 37 heavy (non-hydrogen) atoms. The van der Waals surface area contributed by atoms with E-state index in [1.165, 1.54) is 35.7 Å². The van der Waals surface area contributed by atoms with Crippen molar-refractivity contribution in [3.8, 4) is 5.75 Å². The van der Waals surface area contributed by atoms with Crippen LogP contribution in [0.1, 0.15) is 19.8 Å². The van der Waals surface area contributed by atoms with Gasteiger partial charge in [0.2, 0.25) is 20.0 Å². The van der Waals surface area contributed by atoms with Gasteiger partial charge in [-0.25, -0.2) is 22.0 Å². The third kappa shape index (κ3) is 5.78. The highest BCUT2D eigenvalue weighted by Gasteiger charge is 2.39. The van der Waals surface area contributed by atoms with Crippen molar-refractivity contribution in [1.82, 2.24) is 8.87 Å². The van der Waals surface area contributed by atoms with E-state index >= 15 is 0 Å². The summed E-state index contributed by atoms with van der Waals surface area (Å²) in [6.07, 6.45) is 0.868. The second-order valence-electron chi connectivity index (χ2n) is 8.31. The first kappa shape index (κ1) is 27.4. The summed E-state index contributed by atoms with van der Waals surface area (Å²) in [6.45, 7) is 3.29. The molecule has 4 rings (SSSR count). The Kier molecular flexibility index (Phi) is 8.16. The van der Waals surface area contributed by atoms with Crippen LogP contribution in [0.15, 0.2) is 57.2 Å². The molecule has 1 aromatic heterocycles. The van der Waals surface area contributed by atoms with Crippen molar-refractivity contribution in [2.24, 2.45) is 10.1 Å². The summed E-state index contributed by atoms with van der Waals surface area (Å²) in [4.78, 5) is 18.0. The summed E-state index contributed by atoms with van der Waals surface area (Å²) in [5.74, 6) is -0.0621. The summed E-state index contributed by atoms with van der Waals surface area (Å²) >= 11 is 1.13. The molecule has 0 radical (unpaired) electrons. The van der Waals surface area contributed by atoms with Crippen molar-refractivity contribution >= 4 is 47.5 Å². The van der Waals surface area contributed by atoms with E-state index in [2.05, 4.69) is 4.99 Å². The lowest BCUT2D eigenvalue weighted by Gasteiger charge is -2.21. The first-order chi connectivity index (χ1) is 17.6. The Balaban J connectivity index is 1.72. The van der Waals surface area contributed by atoms with E-state index in [1.54, 1.807) is 22.8 Å². The molecule has 2 N–H and O–H groups in total. The Morgan fingerprint density at radius 1 is 1.14 bits per heavy atom. The van der Waals surface area contributed by atoms with Gasteiger partial charge in [-0.3, -0.25) is 4.79 Å². The van der Waals surface area contributed by atoms with Crippen LogP contribution in [0.2, 0.25) is 0 Å². The van der Waals surface area contributed by atoms with E-state index in [9.17, 15) is 21.6 Å². The highest BCUT2D eigenvalue weighted by atomic mass is 32.2. The normalized spacial score (nSPS) is 17.5. The molecule has 11 nitrogen and oxygen atoms in total. The van der Waals surface area contributed by atoms with Gasteiger partial charge in [-0.05, 0) is 62.2 Å². The number of sulfonamides is 2. The van der Waals surface area contributed by atoms with E-state index in [0.29, 0.717) is 53.4 Å². The third-order valence-electron chi connectivity index (χ3n) is 6.01. The van der Waals surface area contributed by atoms with E-state index < -0.39 is 32.0 Å². The molecule has 1 amide bonds. The van der Waals surface area contributed by atoms with Gasteiger partial charge in [-0.2, -0.15) is 9.30 Å². The minimum absolute atomic E-state index is 0.0522. The van der Waals surface area contributed by atoms with Crippen molar-refractivity contribution in [1.29, 1.82) is 0 Å². The van der Waals surface area contributed by atoms with Gasteiger partial charge in [0.25, 0.3) is 5.91 Å². The van der Waals surface area contributed by atoms with E-state index in [-0.39, 0.29) is 16.3 Å². The fourth-order valence-electron chi connectivity index (χ4n) is 4.16. The van der Waals surface area contributed by atoms with Crippen molar-refractivity contribution in [3.63, 3.8) is 0 Å². The number of nitrogens with zero attached hydrogens (tertiary/aromatic N) is 3. The van der Waals surface area contributed by atoms with E-state index in [4.69, 9.17) is 14.6 Å². The molecule has 1 atom stereocenters. The van der Waals surface area contributed by atoms with Crippen LogP contribution in [0.5, 0.6) is 5.75 Å². The molecule has 1 aliphatic rings. The zero-order chi connectivity index (χ0) is 26.8. The average Bonchev–Trinajstić information content (AvgIpc) is 3.49. The van der Waals surface area contributed by atoms with Crippen LogP contribution < -0.4 is 14.7 Å². The standard InChI is InChI=1S/C23H28N4O7S3/c1-3-34-14-13-26-19-11-10-18(36(24,29)30)15-21(19)35-23(26)25-22(28)20-5-4-12-27(20)37(31,32)17-8-6-16(33-2)7-9-17/h6-11,15,20H,3-5,12-14H2,1-2H3,(H2,24,29,30). The van der Waals surface area contributed by atoms with Gasteiger partial charge in [0.05, 0.1) is 33.7 Å². The summed E-state index contributed by atoms with van der Waals surface area (Å²) in [5, 5.41) is 5.28. The number of carbonyl (C=O) groups is 1. The fourth-order valence-corrected chi connectivity index (χ4v) is 7.52. The number of hydrogen-bond donors (Lipinski definition) is 1. The molecule has 0 bridgehead atoms. The minimum atomic E-state index is -3.93. The second-order valence-corrected chi connectivity index (χ2v) is 12.8. The molecule has 1 aliphatic heterocycles. The van der Waals surface area contributed by atoms with Gasteiger partial charge < -0.3 is 14.0 Å². The van der Waals surface area contributed by atoms with Crippen molar-refractivity contribution in [3.05, 3.63) is 47.3 Å². The quantitative estimate of drug-likeness (QED) is 0.386. The lowest BCUT2D eigenvalue weighted by atomic mass is 10.2. The lowest BCUT2D eigenvalue weighted by Crippen LogP contribution is -2.40. The number of ether oxygens (including phenoxy) is 2. The van der Waals surface area contributed by atoms with Crippen molar-refractivity contribution < 1.29 is 31.1 Å². The van der Waals surface area contributed by atoms with Gasteiger partial charge >= 0.3 is 0 Å². The smallest absolute Gasteiger partial charge is 0.266 e. The summed E-state index contributed by atoms with van der Waals surface area (Å²) in [6, 6.07) is 9.49. The number of amides is 1. The maximum absolute atomic E-state index is 13.3. The molecule has 1 fully saturated rings. The lowest BCUT2D eigenvalue weighted by molar-refractivity contribution is -0.121. The van der Waals surface area contributed by atoms with Crippen LogP contribution in [0.25, 0.3) is 10.2 Å². The zero-order valence-electron chi connectivity index (χ0n) is 20.4. The van der Waals surface area contributed by atoms with Gasteiger partial charge in [-0.1, -0.05) is 11.3 Å². The maximum Gasteiger partial charge on any atom is 0.266 e. The van der Waals surface area contributed by atoms with Gasteiger partial charge in [0.1, 0.15) is 11.8 Å². The second kappa shape index (κ2) is 11.0. The number of benzene rings is 2. The Morgan fingerprint density at radius 2 is 1.84 bits per heavy atom. The Labute approximate surface area is 219 Å². The Morgan fingerprint density at radius 3 is 2.49 bits per heavy atom. The topological polar surface area (TPSA) is 150 Å². The number of thiazole rings is 1. The van der Waals surface area contributed by atoms with Crippen molar-refractivity contribution in [2.75, 3.05) is 26.9 Å². The van der Waals surface area contributed by atoms with E-state index in [1.807, 2.05) is 6.92 Å². The molecule has 0 aliphatic carbocycles. The molecule has 0 saturated carbocycles. The Hall–Kier alpha value is -2.62. The van der Waals surface area contributed by atoms with Crippen molar-refractivity contribution in [2.45, 2.75) is 42.1 Å². The van der Waals surface area contributed by atoms with Gasteiger partial charge in [0, 0.05) is 19.7 Å². The van der Waals surface area contributed by atoms with Crippen LogP contribution in [-0.2, 0) is 36.1 Å². The monoisotopic (exact) mass is 568 g/mol. The third-order valence-corrected chi connectivity index (χ3v) is 9.88. The SMILES string of the molecule is CCOCCn1c(=NC(=O)C2CCCN2S(=O)(=O)c2ccc(OC)cc2)sc2cc(S(N)(=O)=O)ccc21. The number of rotatable bonds is 9. The average molecular weight is 569 g/mol. The largest absolute Gasteiger partial charge is 0.497 e. The summed E-state index contributed by atoms with van der Waals surface area (Å²) in [7, 11) is -6.36. The fraction of sp³-hybridized carbons (Fsp3) is 0.391. The number of carbonyl (C=O) groups excluding carboxylic acids is 1. The first-order valence-electron chi connectivity index (χ1n) is 11.5. The molecule has 14 heteroatoms. The number of primary sulfonamides is 1. The molecular weight excluding hydrogens is 540 g/mol. The summed E-state index contributed by atoms with van der Waals surface area (Å²) in [5.41, 5.74) is 0.665. The highest BCUT2D eigenvalue weighted by molar-refractivity contribution is 7.89. The van der Waals surface area contributed by atoms with Crippen LogP contribution in [0.4, 0.5) is 0 Å². The summed E-state index contributed by atoms with van der Waals surface area (Å²) < 4.78 is 64.4. The molecule has 2 aromatic carbocycles. The zero-order valence-corrected chi connectivity index (χ0v) is 22.8. The van der Waals surface area contributed by atoms with Gasteiger partial charge in [0.15, 0.2) is 4.80 Å². The molecule has 3 aromatic rings. The molecule has 2 heterocycles. The number of fused-ring (bicyclic) bond motifs is 1. The van der Waals surface area contributed by atoms with Crippen LogP contribution in [-0.4, -0.2) is 64.5 Å². The highest BCUT2D eigenvalue weighted by Crippen LogP contribution is 2.28. The van der Waals surface area contributed by atoms with Gasteiger partial charge in [-0.15, -0.1) is 0 Å². The predicted octanol–water partition coefficient (Wildman–Crippen LogP) is 1.68. The number of nitrogens with two attached hydrogens (primary N) is 1. The van der Waals surface area contributed by atoms with Crippen LogP contribution >= 0.6 is 11.3 Å². The number of hydrogen-bond acceptors (Lipinski definition) is 8. The number of aromatic nitrogens is 1. The molecule has 200 valence electrons. The van der Waals surface area contributed by atoms with Crippen LogP contribution in [0.3, 0.4) is 0 Å². The minimum Gasteiger partial charge on any atom is -0.497 e. The molecule has 1 saturated heterocycles. The maximum atomic E-state index is 13.3. The first-order valence-corrected chi connectivity index (χ1v) is 15.3. The molecular formula is C23H28N4O7S3. The van der Waals surface area contributed by atoms with E-state index in [0.717, 1.165) is 11.3 Å².